The quantitative estimate of drug-likeness (QED) is 0.350. The number of rotatable bonds is 7. The molecule has 0 saturated heterocycles. The number of H-pyrrole nitrogens is 1. The van der Waals surface area contributed by atoms with Crippen LogP contribution in [0.1, 0.15) is 30.5 Å². The monoisotopic (exact) mass is 443 g/mol. The van der Waals surface area contributed by atoms with Gasteiger partial charge in [0.25, 0.3) is 0 Å². The van der Waals surface area contributed by atoms with Crippen molar-refractivity contribution in [1.29, 1.82) is 0 Å². The number of aliphatic imine (C=N–C) groups is 1. The van der Waals surface area contributed by atoms with Gasteiger partial charge in [-0.15, -0.1) is 24.0 Å². The Balaban J connectivity index is 0.00000288. The first kappa shape index (κ1) is 20.3. The van der Waals surface area contributed by atoms with E-state index in [4.69, 9.17) is 4.74 Å². The van der Waals surface area contributed by atoms with Crippen molar-refractivity contribution in [2.75, 3.05) is 20.7 Å². The molecule has 0 saturated carbocycles. The number of guanidine groups is 1. The molecule has 0 amide bonds. The zero-order valence-corrected chi connectivity index (χ0v) is 16.7. The second-order valence-corrected chi connectivity index (χ2v) is 5.40. The minimum atomic E-state index is 0. The summed E-state index contributed by atoms with van der Waals surface area (Å²) in [6, 6.07) is 10.2. The van der Waals surface area contributed by atoms with E-state index in [9.17, 15) is 0 Å². The molecule has 0 aliphatic carbocycles. The van der Waals surface area contributed by atoms with Crippen LogP contribution >= 0.6 is 24.0 Å². The van der Waals surface area contributed by atoms with Crippen LogP contribution in [0.2, 0.25) is 0 Å². The van der Waals surface area contributed by atoms with Crippen molar-refractivity contribution < 1.29 is 4.74 Å². The van der Waals surface area contributed by atoms with E-state index in [1.54, 1.807) is 20.4 Å². The number of benzene rings is 1. The largest absolute Gasteiger partial charge is 0.497 e. The zero-order valence-electron chi connectivity index (χ0n) is 14.4. The number of methoxy groups -OCH3 is 1. The molecule has 1 aromatic heterocycles. The maximum absolute atomic E-state index is 5.19. The highest BCUT2D eigenvalue weighted by molar-refractivity contribution is 14.0. The summed E-state index contributed by atoms with van der Waals surface area (Å²) in [7, 11) is 3.46. The van der Waals surface area contributed by atoms with E-state index < -0.39 is 0 Å². The highest BCUT2D eigenvalue weighted by Crippen LogP contribution is 2.21. The third-order valence-electron chi connectivity index (χ3n) is 3.78. The SMILES string of the molecule is CN=C(NCCC(C)c1ccc(OC)cc1)NCc1ccn[nH]1.I. The topological polar surface area (TPSA) is 74.3 Å². The third kappa shape index (κ3) is 6.38. The van der Waals surface area contributed by atoms with Crippen molar-refractivity contribution in [2.45, 2.75) is 25.8 Å². The van der Waals surface area contributed by atoms with Crippen LogP contribution in [0.3, 0.4) is 0 Å². The summed E-state index contributed by atoms with van der Waals surface area (Å²) >= 11 is 0. The second kappa shape index (κ2) is 10.9. The summed E-state index contributed by atoms with van der Waals surface area (Å²) in [5.41, 5.74) is 2.34. The van der Waals surface area contributed by atoms with Gasteiger partial charge >= 0.3 is 0 Å². The summed E-state index contributed by atoms with van der Waals surface area (Å²) in [4.78, 5) is 4.22. The Labute approximate surface area is 160 Å². The number of nitrogens with zero attached hydrogens (tertiary/aromatic N) is 2. The van der Waals surface area contributed by atoms with E-state index in [1.165, 1.54) is 5.56 Å². The molecule has 7 heteroatoms. The van der Waals surface area contributed by atoms with Gasteiger partial charge in [-0.2, -0.15) is 5.10 Å². The Kier molecular flexibility index (Phi) is 9.21. The van der Waals surface area contributed by atoms with Gasteiger partial charge in [0.1, 0.15) is 5.75 Å². The van der Waals surface area contributed by atoms with Crippen LogP contribution in [0.25, 0.3) is 0 Å². The maximum atomic E-state index is 5.19. The highest BCUT2D eigenvalue weighted by atomic mass is 127. The second-order valence-electron chi connectivity index (χ2n) is 5.40. The van der Waals surface area contributed by atoms with Crippen molar-refractivity contribution in [3.05, 3.63) is 47.8 Å². The Hall–Kier alpha value is -1.77. The maximum Gasteiger partial charge on any atom is 0.191 e. The van der Waals surface area contributed by atoms with Crippen LogP contribution in [-0.2, 0) is 6.54 Å². The molecule has 132 valence electrons. The predicted octanol–water partition coefficient (Wildman–Crippen LogP) is 2.90. The van der Waals surface area contributed by atoms with Crippen LogP contribution in [0.15, 0.2) is 41.5 Å². The molecule has 0 aliphatic rings. The van der Waals surface area contributed by atoms with Gasteiger partial charge in [0.05, 0.1) is 19.3 Å². The molecule has 0 fully saturated rings. The number of aromatic amines is 1. The lowest BCUT2D eigenvalue weighted by atomic mass is 9.98. The minimum absolute atomic E-state index is 0. The molecule has 0 spiro atoms. The highest BCUT2D eigenvalue weighted by Gasteiger charge is 2.06. The fourth-order valence-corrected chi connectivity index (χ4v) is 2.29. The summed E-state index contributed by atoms with van der Waals surface area (Å²) in [5, 5.41) is 13.4. The summed E-state index contributed by atoms with van der Waals surface area (Å²) in [6.45, 7) is 3.76. The lowest BCUT2D eigenvalue weighted by Gasteiger charge is -2.15. The van der Waals surface area contributed by atoms with Crippen LogP contribution in [0.5, 0.6) is 5.75 Å². The number of hydrogen-bond donors (Lipinski definition) is 3. The van der Waals surface area contributed by atoms with Crippen molar-refractivity contribution in [3.63, 3.8) is 0 Å². The fourth-order valence-electron chi connectivity index (χ4n) is 2.29. The van der Waals surface area contributed by atoms with Gasteiger partial charge in [-0.1, -0.05) is 19.1 Å². The Morgan fingerprint density at radius 3 is 2.58 bits per heavy atom. The Morgan fingerprint density at radius 1 is 1.25 bits per heavy atom. The van der Waals surface area contributed by atoms with Gasteiger partial charge in [-0.25, -0.2) is 0 Å². The van der Waals surface area contributed by atoms with Crippen molar-refractivity contribution >= 4 is 29.9 Å². The molecule has 1 unspecified atom stereocenters. The third-order valence-corrected chi connectivity index (χ3v) is 3.78. The number of halogens is 1. The molecule has 1 atom stereocenters. The van der Waals surface area contributed by atoms with Crippen LogP contribution < -0.4 is 15.4 Å². The fraction of sp³-hybridized carbons (Fsp3) is 0.412. The molecule has 1 heterocycles. The molecule has 3 N–H and O–H groups in total. The number of aromatic nitrogens is 2. The predicted molar refractivity (Wildman–Crippen MR) is 108 cm³/mol. The van der Waals surface area contributed by atoms with E-state index in [1.807, 2.05) is 18.2 Å². The van der Waals surface area contributed by atoms with Gasteiger partial charge in [-0.05, 0) is 36.1 Å². The average molecular weight is 443 g/mol. The zero-order chi connectivity index (χ0) is 16.5. The van der Waals surface area contributed by atoms with Crippen LogP contribution in [0.4, 0.5) is 0 Å². The molecule has 2 aromatic rings. The van der Waals surface area contributed by atoms with Crippen molar-refractivity contribution in [1.82, 2.24) is 20.8 Å². The van der Waals surface area contributed by atoms with Crippen molar-refractivity contribution in [2.24, 2.45) is 4.99 Å². The molecule has 0 radical (unpaired) electrons. The molecule has 0 aliphatic heterocycles. The molecule has 1 aromatic carbocycles. The summed E-state index contributed by atoms with van der Waals surface area (Å²) < 4.78 is 5.19. The lowest BCUT2D eigenvalue weighted by molar-refractivity contribution is 0.414. The molecule has 24 heavy (non-hydrogen) atoms. The van der Waals surface area contributed by atoms with E-state index in [0.29, 0.717) is 12.5 Å². The summed E-state index contributed by atoms with van der Waals surface area (Å²) in [5.74, 6) is 2.16. The smallest absolute Gasteiger partial charge is 0.191 e. The molecular weight excluding hydrogens is 417 g/mol. The number of hydrogen-bond acceptors (Lipinski definition) is 3. The average Bonchev–Trinajstić information content (AvgIpc) is 3.11. The van der Waals surface area contributed by atoms with Gasteiger partial charge in [0, 0.05) is 19.8 Å². The van der Waals surface area contributed by atoms with Crippen LogP contribution in [0, 0.1) is 0 Å². The number of ether oxygens (including phenoxy) is 1. The standard InChI is InChI=1S/C17H25N5O.HI/c1-13(14-4-6-16(23-3)7-5-14)8-10-19-17(18-2)20-12-15-9-11-21-22-15;/h4-7,9,11,13H,8,10,12H2,1-3H3,(H,21,22)(H2,18,19,20);1H. The summed E-state index contributed by atoms with van der Waals surface area (Å²) in [6.07, 6.45) is 2.76. The Bertz CT molecular complexity index is 598. The van der Waals surface area contributed by atoms with Gasteiger partial charge < -0.3 is 15.4 Å². The first-order valence-corrected chi connectivity index (χ1v) is 7.79. The molecule has 6 nitrogen and oxygen atoms in total. The van der Waals surface area contributed by atoms with Crippen molar-refractivity contribution in [3.8, 4) is 5.75 Å². The molecule has 0 bridgehead atoms. The number of nitrogens with one attached hydrogen (secondary N) is 3. The van der Waals surface area contributed by atoms with Crippen LogP contribution in [-0.4, -0.2) is 36.9 Å². The first-order chi connectivity index (χ1) is 11.2. The first-order valence-electron chi connectivity index (χ1n) is 7.79. The minimum Gasteiger partial charge on any atom is -0.497 e. The molecular formula is C17H26IN5O. The van der Waals surface area contributed by atoms with E-state index >= 15 is 0 Å². The lowest BCUT2D eigenvalue weighted by Crippen LogP contribution is -2.37. The van der Waals surface area contributed by atoms with E-state index in [-0.39, 0.29) is 24.0 Å². The van der Waals surface area contributed by atoms with Gasteiger partial charge in [-0.3, -0.25) is 10.1 Å². The van der Waals surface area contributed by atoms with Gasteiger partial charge in [0.2, 0.25) is 0 Å². The Morgan fingerprint density at radius 2 is 2.00 bits per heavy atom. The van der Waals surface area contributed by atoms with E-state index in [0.717, 1.165) is 30.4 Å². The van der Waals surface area contributed by atoms with Gasteiger partial charge in [0.15, 0.2) is 5.96 Å². The molecule has 2 rings (SSSR count). The van der Waals surface area contributed by atoms with E-state index in [2.05, 4.69) is 44.9 Å². The normalized spacial score (nSPS) is 12.2.